The first-order chi connectivity index (χ1) is 18.1. The third-order valence-corrected chi connectivity index (χ3v) is 7.68. The molecular weight excluding hydrogens is 464 g/mol. The Labute approximate surface area is 217 Å². The number of aryl methyl sites for hydroxylation is 1. The molecule has 0 amide bonds. The Bertz CT molecular complexity index is 1390. The molecule has 8 heteroatoms. The quantitative estimate of drug-likeness (QED) is 0.329. The van der Waals surface area contributed by atoms with Crippen LogP contribution in [0.3, 0.4) is 0 Å². The molecule has 2 aromatic carbocycles. The fourth-order valence-corrected chi connectivity index (χ4v) is 5.60. The minimum absolute atomic E-state index is 0.00780. The van der Waals surface area contributed by atoms with E-state index in [1.54, 1.807) is 7.11 Å². The van der Waals surface area contributed by atoms with Gasteiger partial charge >= 0.3 is 0 Å². The number of benzene rings is 2. The predicted octanol–water partition coefficient (Wildman–Crippen LogP) is 5.03. The van der Waals surface area contributed by atoms with Gasteiger partial charge in [-0.05, 0) is 83.0 Å². The van der Waals surface area contributed by atoms with Crippen molar-refractivity contribution in [1.82, 2.24) is 30.1 Å². The lowest BCUT2D eigenvalue weighted by molar-refractivity contribution is 0.112. The molecule has 5 rings (SSSR count). The molecule has 0 radical (unpaired) electrons. The van der Waals surface area contributed by atoms with Crippen LogP contribution in [0.15, 0.2) is 53.3 Å². The zero-order chi connectivity index (χ0) is 25.8. The number of nitrogens with zero attached hydrogens (tertiary/aromatic N) is 5. The highest BCUT2D eigenvalue weighted by molar-refractivity contribution is 5.79. The van der Waals surface area contributed by atoms with E-state index in [0.717, 1.165) is 59.3 Å². The Kier molecular flexibility index (Phi) is 7.65. The highest BCUT2D eigenvalue weighted by Gasteiger charge is 2.32. The summed E-state index contributed by atoms with van der Waals surface area (Å²) >= 11 is 0. The van der Waals surface area contributed by atoms with Gasteiger partial charge in [0, 0.05) is 23.7 Å². The number of fused-ring (bicyclic) bond motifs is 1. The second kappa shape index (κ2) is 11.3. The molecule has 8 nitrogen and oxygen atoms in total. The molecule has 1 atom stereocenters. The summed E-state index contributed by atoms with van der Waals surface area (Å²) in [4.78, 5) is 18.7. The van der Waals surface area contributed by atoms with Crippen molar-refractivity contribution in [3.05, 3.63) is 81.4 Å². The Morgan fingerprint density at radius 2 is 1.84 bits per heavy atom. The van der Waals surface area contributed by atoms with Crippen LogP contribution in [0, 0.1) is 0 Å². The van der Waals surface area contributed by atoms with Crippen molar-refractivity contribution in [3.63, 3.8) is 0 Å². The third kappa shape index (κ3) is 5.44. The lowest BCUT2D eigenvalue weighted by atomic mass is 10.0. The van der Waals surface area contributed by atoms with Crippen LogP contribution in [-0.2, 0) is 19.5 Å². The number of rotatable bonds is 10. The maximum atomic E-state index is 13.2. The van der Waals surface area contributed by atoms with Gasteiger partial charge in [-0.1, -0.05) is 44.9 Å². The van der Waals surface area contributed by atoms with Crippen LogP contribution in [0.25, 0.3) is 10.9 Å². The summed E-state index contributed by atoms with van der Waals surface area (Å²) in [6, 6.07) is 16.7. The van der Waals surface area contributed by atoms with E-state index in [1.807, 2.05) is 35.0 Å². The van der Waals surface area contributed by atoms with E-state index < -0.39 is 0 Å². The summed E-state index contributed by atoms with van der Waals surface area (Å²) in [7, 11) is 1.67. The van der Waals surface area contributed by atoms with Crippen LogP contribution in [0.5, 0.6) is 5.75 Å². The average molecular weight is 501 g/mol. The van der Waals surface area contributed by atoms with Crippen molar-refractivity contribution in [2.24, 2.45) is 0 Å². The highest BCUT2D eigenvalue weighted by Crippen LogP contribution is 2.34. The summed E-state index contributed by atoms with van der Waals surface area (Å²) in [6.45, 7) is 5.48. The number of aromatic nitrogens is 5. The third-order valence-electron chi connectivity index (χ3n) is 7.68. The van der Waals surface area contributed by atoms with Crippen molar-refractivity contribution in [2.45, 2.75) is 77.5 Å². The van der Waals surface area contributed by atoms with E-state index in [2.05, 4.69) is 57.5 Å². The molecule has 2 heterocycles. The van der Waals surface area contributed by atoms with Gasteiger partial charge in [-0.15, -0.1) is 5.10 Å². The smallest absolute Gasteiger partial charge is 0.252 e. The lowest BCUT2D eigenvalue weighted by Gasteiger charge is -2.35. The molecule has 0 spiro atoms. The fourth-order valence-electron chi connectivity index (χ4n) is 5.60. The van der Waals surface area contributed by atoms with Gasteiger partial charge in [0.05, 0.1) is 19.7 Å². The van der Waals surface area contributed by atoms with Crippen LogP contribution in [0.4, 0.5) is 0 Å². The molecular formula is C29H36N6O2. The van der Waals surface area contributed by atoms with Crippen molar-refractivity contribution in [3.8, 4) is 5.75 Å². The molecule has 2 aromatic heterocycles. The lowest BCUT2D eigenvalue weighted by Crippen LogP contribution is -2.39. The fraction of sp³-hybridized carbons (Fsp3) is 0.448. The topological polar surface area (TPSA) is 88.9 Å². The van der Waals surface area contributed by atoms with Crippen LogP contribution in [0.2, 0.25) is 0 Å². The average Bonchev–Trinajstić information content (AvgIpc) is 3.62. The van der Waals surface area contributed by atoms with Gasteiger partial charge in [0.2, 0.25) is 0 Å². The first-order valence-corrected chi connectivity index (χ1v) is 13.4. The number of pyridine rings is 1. The summed E-state index contributed by atoms with van der Waals surface area (Å²) in [6.07, 6.45) is 6.49. The van der Waals surface area contributed by atoms with Crippen molar-refractivity contribution in [2.75, 3.05) is 7.11 Å². The number of ether oxygens (including phenoxy) is 1. The molecule has 1 N–H and O–H groups in total. The van der Waals surface area contributed by atoms with Crippen LogP contribution in [-0.4, -0.2) is 43.2 Å². The zero-order valence-corrected chi connectivity index (χ0v) is 22.0. The predicted molar refractivity (Wildman–Crippen MR) is 145 cm³/mol. The monoisotopic (exact) mass is 500 g/mol. The van der Waals surface area contributed by atoms with E-state index in [4.69, 9.17) is 4.74 Å². The standard InChI is InChI=1S/C29H36N6O2/c1-4-20-12-15-26-22(16-20)17-23(29(36)30-26)19-34(24-8-6-7-9-24)27(5-2)28-31-32-33-35(28)18-21-10-13-25(37-3)14-11-21/h10-17,24,27H,4-9,18-19H2,1-3H3,(H,30,36)/t27-/m0/s1. The van der Waals surface area contributed by atoms with Gasteiger partial charge in [-0.25, -0.2) is 4.68 Å². The Hall–Kier alpha value is -3.52. The van der Waals surface area contributed by atoms with Gasteiger partial charge in [-0.3, -0.25) is 9.69 Å². The SMILES string of the molecule is CCc1ccc2[nH]c(=O)c(CN(C3CCCC3)[C@@H](CC)c3nnnn3Cc3ccc(OC)cc3)cc2c1. The zero-order valence-electron chi connectivity index (χ0n) is 22.0. The first-order valence-electron chi connectivity index (χ1n) is 13.4. The maximum absolute atomic E-state index is 13.2. The van der Waals surface area contributed by atoms with Crippen molar-refractivity contribution in [1.29, 1.82) is 0 Å². The van der Waals surface area contributed by atoms with E-state index in [0.29, 0.717) is 19.1 Å². The minimum atomic E-state index is -0.0209. The molecule has 1 aliphatic carbocycles. The van der Waals surface area contributed by atoms with Crippen molar-refractivity contribution < 1.29 is 4.74 Å². The molecule has 1 aliphatic rings. The molecule has 4 aromatic rings. The largest absolute Gasteiger partial charge is 0.497 e. The van der Waals surface area contributed by atoms with E-state index in [9.17, 15) is 4.79 Å². The molecule has 1 fully saturated rings. The number of aromatic amines is 1. The summed E-state index contributed by atoms with van der Waals surface area (Å²) in [5.41, 5.74) is 4.03. The van der Waals surface area contributed by atoms with Gasteiger partial charge in [0.25, 0.3) is 5.56 Å². The van der Waals surface area contributed by atoms with E-state index in [1.165, 1.54) is 18.4 Å². The molecule has 0 saturated heterocycles. The van der Waals surface area contributed by atoms with E-state index in [-0.39, 0.29) is 11.6 Å². The molecule has 0 unspecified atom stereocenters. The Morgan fingerprint density at radius 3 is 2.54 bits per heavy atom. The Balaban J connectivity index is 1.47. The van der Waals surface area contributed by atoms with Gasteiger partial charge in [0.15, 0.2) is 5.82 Å². The number of methoxy groups -OCH3 is 1. The minimum Gasteiger partial charge on any atom is -0.497 e. The van der Waals surface area contributed by atoms with E-state index >= 15 is 0 Å². The number of hydrogen-bond acceptors (Lipinski definition) is 6. The van der Waals surface area contributed by atoms with Crippen molar-refractivity contribution >= 4 is 10.9 Å². The van der Waals surface area contributed by atoms with Gasteiger partial charge in [-0.2, -0.15) is 0 Å². The number of H-pyrrole nitrogens is 1. The molecule has 1 saturated carbocycles. The normalized spacial score (nSPS) is 15.0. The molecule has 37 heavy (non-hydrogen) atoms. The molecule has 0 aliphatic heterocycles. The number of hydrogen-bond donors (Lipinski definition) is 1. The molecule has 0 bridgehead atoms. The van der Waals surface area contributed by atoms with Crippen LogP contribution in [0.1, 0.15) is 74.5 Å². The second-order valence-corrected chi connectivity index (χ2v) is 9.98. The second-order valence-electron chi connectivity index (χ2n) is 9.98. The summed E-state index contributed by atoms with van der Waals surface area (Å²) in [5, 5.41) is 14.0. The number of tetrazole rings is 1. The summed E-state index contributed by atoms with van der Waals surface area (Å²) < 4.78 is 7.20. The Morgan fingerprint density at radius 1 is 1.08 bits per heavy atom. The first kappa shape index (κ1) is 25.1. The summed E-state index contributed by atoms with van der Waals surface area (Å²) in [5.74, 6) is 1.67. The molecule has 194 valence electrons. The van der Waals surface area contributed by atoms with Gasteiger partial charge < -0.3 is 9.72 Å². The number of nitrogens with one attached hydrogen (secondary N) is 1. The maximum Gasteiger partial charge on any atom is 0.252 e. The highest BCUT2D eigenvalue weighted by atomic mass is 16.5. The van der Waals surface area contributed by atoms with Gasteiger partial charge in [0.1, 0.15) is 5.75 Å². The van der Waals surface area contributed by atoms with Crippen LogP contribution >= 0.6 is 0 Å². The van der Waals surface area contributed by atoms with Crippen LogP contribution < -0.4 is 10.3 Å².